The van der Waals surface area contributed by atoms with Crippen molar-refractivity contribution in [3.8, 4) is 0 Å². The molecule has 1 aliphatic heterocycles. The van der Waals surface area contributed by atoms with Crippen LogP contribution < -0.4 is 0 Å². The Labute approximate surface area is 152 Å². The van der Waals surface area contributed by atoms with Gasteiger partial charge in [0, 0.05) is 12.8 Å². The van der Waals surface area contributed by atoms with Gasteiger partial charge in [0.15, 0.2) is 0 Å². The first kappa shape index (κ1) is 19.6. The van der Waals surface area contributed by atoms with Gasteiger partial charge in [0.2, 0.25) is 5.60 Å². The molecule has 0 spiro atoms. The molecule has 2 rings (SSSR count). The highest BCUT2D eigenvalue weighted by molar-refractivity contribution is 6.05. The van der Waals surface area contributed by atoms with Crippen LogP contribution in [-0.4, -0.2) is 42.2 Å². The summed E-state index contributed by atoms with van der Waals surface area (Å²) in [7, 11) is 0. The zero-order valence-electron chi connectivity index (χ0n) is 15.2. The highest BCUT2D eigenvalue weighted by Gasteiger charge is 2.51. The molecule has 0 saturated heterocycles. The molecule has 0 saturated carbocycles. The van der Waals surface area contributed by atoms with Crippen LogP contribution in [0.5, 0.6) is 0 Å². The first-order valence-electron chi connectivity index (χ1n) is 8.58. The van der Waals surface area contributed by atoms with Crippen molar-refractivity contribution >= 4 is 23.4 Å². The molecule has 0 N–H and O–H groups in total. The number of carbonyl (C=O) groups excluding carboxylic acids is 3. The van der Waals surface area contributed by atoms with Gasteiger partial charge in [-0.2, -0.15) is 0 Å². The Morgan fingerprint density at radius 1 is 1.15 bits per heavy atom. The number of nitrogens with zero attached hydrogens (tertiary/aromatic N) is 1. The van der Waals surface area contributed by atoms with Crippen LogP contribution in [0.25, 0.3) is 0 Å². The summed E-state index contributed by atoms with van der Waals surface area (Å²) in [6, 6.07) is 9.25. The highest BCUT2D eigenvalue weighted by atomic mass is 16.7. The van der Waals surface area contributed by atoms with Crippen molar-refractivity contribution in [2.75, 3.05) is 13.2 Å². The molecule has 26 heavy (non-hydrogen) atoms. The van der Waals surface area contributed by atoms with Crippen molar-refractivity contribution in [1.82, 2.24) is 0 Å². The van der Waals surface area contributed by atoms with Gasteiger partial charge in [0.05, 0.1) is 18.9 Å². The normalized spacial score (nSPS) is 19.9. The van der Waals surface area contributed by atoms with E-state index in [0.717, 1.165) is 5.56 Å². The van der Waals surface area contributed by atoms with Gasteiger partial charge in [-0.25, -0.2) is 4.79 Å². The van der Waals surface area contributed by atoms with E-state index in [2.05, 4.69) is 5.16 Å². The van der Waals surface area contributed by atoms with Crippen LogP contribution in [0.4, 0.5) is 0 Å². The largest absolute Gasteiger partial charge is 0.465 e. The maximum absolute atomic E-state index is 12.6. The second kappa shape index (κ2) is 8.60. The molecule has 0 fully saturated rings. The molecular weight excluding hydrogens is 338 g/mol. The lowest BCUT2D eigenvalue weighted by molar-refractivity contribution is -0.174. The van der Waals surface area contributed by atoms with Crippen molar-refractivity contribution in [2.24, 2.45) is 11.1 Å². The number of rotatable bonds is 8. The molecule has 2 unspecified atom stereocenters. The van der Waals surface area contributed by atoms with E-state index in [1.54, 1.807) is 13.8 Å². The SMILES string of the molecule is CCOC(=O)C(CC1(C(=O)OCC)CC(c2ccccc2)=NO1)C(C)=O. The second-order valence-corrected chi connectivity index (χ2v) is 6.01. The minimum Gasteiger partial charge on any atom is -0.465 e. The standard InChI is InChI=1S/C19H23NO6/c1-4-24-17(22)15(13(3)21)11-19(18(23)25-5-2)12-16(20-26-19)14-9-7-6-8-10-14/h6-10,15H,4-5,11-12H2,1-3H3. The fraction of sp³-hybridized carbons (Fsp3) is 0.474. The summed E-state index contributed by atoms with van der Waals surface area (Å²) >= 11 is 0. The van der Waals surface area contributed by atoms with Crippen LogP contribution in [0.2, 0.25) is 0 Å². The summed E-state index contributed by atoms with van der Waals surface area (Å²) in [4.78, 5) is 42.2. The number of hydrogen-bond donors (Lipinski definition) is 0. The van der Waals surface area contributed by atoms with Crippen molar-refractivity contribution < 1.29 is 28.7 Å². The average molecular weight is 361 g/mol. The summed E-state index contributed by atoms with van der Waals surface area (Å²) < 4.78 is 10.1. The molecule has 1 aliphatic rings. The molecule has 1 aromatic carbocycles. The molecule has 0 radical (unpaired) electrons. The van der Waals surface area contributed by atoms with Gasteiger partial charge in [0.25, 0.3) is 0 Å². The number of hydrogen-bond acceptors (Lipinski definition) is 7. The monoisotopic (exact) mass is 361 g/mol. The smallest absolute Gasteiger partial charge is 0.353 e. The third-order valence-corrected chi connectivity index (χ3v) is 4.13. The molecule has 0 amide bonds. The van der Waals surface area contributed by atoms with E-state index < -0.39 is 29.2 Å². The van der Waals surface area contributed by atoms with Gasteiger partial charge in [0.1, 0.15) is 11.7 Å². The first-order valence-corrected chi connectivity index (χ1v) is 8.58. The lowest BCUT2D eigenvalue weighted by atomic mass is 9.83. The molecule has 0 aromatic heterocycles. The van der Waals surface area contributed by atoms with E-state index >= 15 is 0 Å². The number of Topliss-reactive ketones (excluding diaryl/α,β-unsaturated/α-hetero) is 1. The number of benzene rings is 1. The van der Waals surface area contributed by atoms with Crippen LogP contribution in [0.1, 0.15) is 39.2 Å². The maximum Gasteiger partial charge on any atom is 0.353 e. The molecule has 1 heterocycles. The quantitative estimate of drug-likeness (QED) is 0.521. The van der Waals surface area contributed by atoms with E-state index in [1.165, 1.54) is 6.92 Å². The zero-order chi connectivity index (χ0) is 19.2. The summed E-state index contributed by atoms with van der Waals surface area (Å²) in [5.74, 6) is -2.85. The maximum atomic E-state index is 12.6. The third-order valence-electron chi connectivity index (χ3n) is 4.13. The van der Waals surface area contributed by atoms with E-state index in [-0.39, 0.29) is 26.1 Å². The number of oxime groups is 1. The highest BCUT2D eigenvalue weighted by Crippen LogP contribution is 2.35. The molecule has 7 heteroatoms. The summed E-state index contributed by atoms with van der Waals surface area (Å²) in [6.45, 7) is 4.90. The fourth-order valence-electron chi connectivity index (χ4n) is 2.79. The minimum atomic E-state index is -1.52. The zero-order valence-corrected chi connectivity index (χ0v) is 15.2. The van der Waals surface area contributed by atoms with Crippen molar-refractivity contribution in [3.05, 3.63) is 35.9 Å². The van der Waals surface area contributed by atoms with Crippen LogP contribution in [-0.2, 0) is 28.7 Å². The molecular formula is C19H23NO6. The Hall–Kier alpha value is -2.70. The first-order chi connectivity index (χ1) is 12.4. The van der Waals surface area contributed by atoms with E-state index in [4.69, 9.17) is 14.3 Å². The number of esters is 2. The van der Waals surface area contributed by atoms with Crippen LogP contribution in [0.3, 0.4) is 0 Å². The topological polar surface area (TPSA) is 91.3 Å². The van der Waals surface area contributed by atoms with E-state index in [9.17, 15) is 14.4 Å². The van der Waals surface area contributed by atoms with Gasteiger partial charge >= 0.3 is 11.9 Å². The summed E-state index contributed by atoms with van der Waals surface area (Å²) in [6.07, 6.45) is -0.0706. The molecule has 1 aromatic rings. The Bertz CT molecular complexity index is 699. The summed E-state index contributed by atoms with van der Waals surface area (Å²) in [5, 5.41) is 4.03. The second-order valence-electron chi connectivity index (χ2n) is 6.01. The fourth-order valence-corrected chi connectivity index (χ4v) is 2.79. The third kappa shape index (κ3) is 4.28. The van der Waals surface area contributed by atoms with Gasteiger partial charge in [-0.3, -0.25) is 9.59 Å². The minimum absolute atomic E-state index is 0.110. The molecule has 0 bridgehead atoms. The number of ether oxygens (including phenoxy) is 2. The van der Waals surface area contributed by atoms with Crippen LogP contribution in [0.15, 0.2) is 35.5 Å². The van der Waals surface area contributed by atoms with Crippen molar-refractivity contribution in [1.29, 1.82) is 0 Å². The molecule has 0 aliphatic carbocycles. The Balaban J connectivity index is 2.28. The molecule has 7 nitrogen and oxygen atoms in total. The molecule has 140 valence electrons. The van der Waals surface area contributed by atoms with Crippen LogP contribution >= 0.6 is 0 Å². The van der Waals surface area contributed by atoms with E-state index in [1.807, 2.05) is 30.3 Å². The van der Waals surface area contributed by atoms with Gasteiger partial charge in [-0.05, 0) is 26.3 Å². The van der Waals surface area contributed by atoms with Gasteiger partial charge in [-0.1, -0.05) is 35.5 Å². The van der Waals surface area contributed by atoms with Crippen molar-refractivity contribution in [2.45, 2.75) is 39.2 Å². The molecule has 2 atom stereocenters. The number of ketones is 1. The average Bonchev–Trinajstić information content (AvgIpc) is 3.06. The predicted molar refractivity (Wildman–Crippen MR) is 93.5 cm³/mol. The Morgan fingerprint density at radius 2 is 1.81 bits per heavy atom. The lowest BCUT2D eigenvalue weighted by Crippen LogP contribution is -2.45. The lowest BCUT2D eigenvalue weighted by Gasteiger charge is -2.26. The van der Waals surface area contributed by atoms with Crippen molar-refractivity contribution in [3.63, 3.8) is 0 Å². The Morgan fingerprint density at radius 3 is 2.38 bits per heavy atom. The van der Waals surface area contributed by atoms with Gasteiger partial charge in [-0.15, -0.1) is 0 Å². The Kier molecular flexibility index (Phi) is 6.49. The van der Waals surface area contributed by atoms with E-state index in [0.29, 0.717) is 5.71 Å². The number of carbonyl (C=O) groups is 3. The summed E-state index contributed by atoms with van der Waals surface area (Å²) in [5.41, 5.74) is -0.163. The van der Waals surface area contributed by atoms with Crippen LogP contribution in [0, 0.1) is 5.92 Å². The predicted octanol–water partition coefficient (Wildman–Crippen LogP) is 2.27. The van der Waals surface area contributed by atoms with Gasteiger partial charge < -0.3 is 14.3 Å².